The second kappa shape index (κ2) is 8.58. The van der Waals surface area contributed by atoms with Crippen LogP contribution in [0.25, 0.3) is 10.9 Å². The van der Waals surface area contributed by atoms with Gasteiger partial charge in [0, 0.05) is 28.9 Å². The van der Waals surface area contributed by atoms with E-state index in [4.69, 9.17) is 5.14 Å². The molecule has 0 spiro atoms. The minimum atomic E-state index is -3.74. The molecule has 162 valence electrons. The molecule has 2 aromatic carbocycles. The molecule has 1 aromatic heterocycles. The molecule has 0 saturated carbocycles. The van der Waals surface area contributed by atoms with Gasteiger partial charge >= 0.3 is 0 Å². The molecular weight excluding hydrogens is 416 g/mol. The Balaban J connectivity index is 1.46. The lowest BCUT2D eigenvalue weighted by Gasteiger charge is -2.29. The number of nitrogens with one attached hydrogen (secondary N) is 2. The number of nitrogens with two attached hydrogens (primary N) is 1. The lowest BCUT2D eigenvalue weighted by atomic mass is 10.0. The lowest BCUT2D eigenvalue weighted by Crippen LogP contribution is -2.43. The summed E-state index contributed by atoms with van der Waals surface area (Å²) in [6.07, 6.45) is 3.55. The van der Waals surface area contributed by atoms with Gasteiger partial charge in [-0.25, -0.2) is 23.5 Å². The molecule has 31 heavy (non-hydrogen) atoms. The van der Waals surface area contributed by atoms with E-state index in [-0.39, 0.29) is 16.8 Å². The molecule has 0 aliphatic carbocycles. The maximum Gasteiger partial charge on any atom is 0.251 e. The van der Waals surface area contributed by atoms with Crippen molar-refractivity contribution in [3.05, 3.63) is 54.2 Å². The van der Waals surface area contributed by atoms with Crippen molar-refractivity contribution in [2.45, 2.75) is 23.8 Å². The largest absolute Gasteiger partial charge is 0.349 e. The highest BCUT2D eigenvalue weighted by Gasteiger charge is 2.19. The maximum absolute atomic E-state index is 12.6. The highest BCUT2D eigenvalue weighted by molar-refractivity contribution is 7.89. The van der Waals surface area contributed by atoms with Gasteiger partial charge in [0.15, 0.2) is 0 Å². The topological polar surface area (TPSA) is 130 Å². The van der Waals surface area contributed by atoms with Crippen LogP contribution < -0.4 is 15.8 Å². The summed E-state index contributed by atoms with van der Waals surface area (Å²) in [6.45, 7) is 1.97. The van der Waals surface area contributed by atoms with Gasteiger partial charge in [0.1, 0.15) is 0 Å². The van der Waals surface area contributed by atoms with E-state index in [1.807, 2.05) is 0 Å². The van der Waals surface area contributed by atoms with Crippen molar-refractivity contribution in [3.63, 3.8) is 0 Å². The molecule has 4 N–H and O–H groups in total. The Kier molecular flexibility index (Phi) is 5.86. The number of piperidine rings is 1. The summed E-state index contributed by atoms with van der Waals surface area (Å²) < 4.78 is 22.7. The van der Waals surface area contributed by atoms with Gasteiger partial charge in [-0.1, -0.05) is 0 Å². The van der Waals surface area contributed by atoms with E-state index in [1.165, 1.54) is 12.1 Å². The fraction of sp³-hybridized carbons (Fsp3) is 0.286. The van der Waals surface area contributed by atoms with E-state index in [1.54, 1.807) is 36.5 Å². The van der Waals surface area contributed by atoms with Crippen molar-refractivity contribution in [1.82, 2.24) is 20.2 Å². The number of carbonyl (C=O) groups is 1. The van der Waals surface area contributed by atoms with Gasteiger partial charge in [0.25, 0.3) is 5.91 Å². The number of likely N-dealkylation sites (tertiary alicyclic amines) is 1. The number of amides is 1. The molecule has 1 aliphatic heterocycles. The second-order valence-electron chi connectivity index (χ2n) is 7.71. The first-order valence-corrected chi connectivity index (χ1v) is 11.5. The molecule has 2 heterocycles. The maximum atomic E-state index is 12.6. The zero-order chi connectivity index (χ0) is 22.0. The quantitative estimate of drug-likeness (QED) is 0.552. The van der Waals surface area contributed by atoms with Crippen LogP contribution >= 0.6 is 0 Å². The first kappa shape index (κ1) is 21.2. The second-order valence-corrected chi connectivity index (χ2v) is 9.27. The van der Waals surface area contributed by atoms with Gasteiger partial charge in [-0.15, -0.1) is 0 Å². The van der Waals surface area contributed by atoms with E-state index in [0.717, 1.165) is 31.3 Å². The number of nitrogens with zero attached hydrogens (tertiary/aromatic N) is 3. The third kappa shape index (κ3) is 5.16. The number of primary sulfonamides is 1. The summed E-state index contributed by atoms with van der Waals surface area (Å²) in [6, 6.07) is 11.5. The fourth-order valence-corrected chi connectivity index (χ4v) is 4.03. The summed E-state index contributed by atoms with van der Waals surface area (Å²) in [5.74, 6) is 0.271. The van der Waals surface area contributed by atoms with Crippen molar-refractivity contribution >= 4 is 38.5 Å². The Bertz CT molecular complexity index is 1210. The van der Waals surface area contributed by atoms with E-state index in [9.17, 15) is 13.2 Å². The number of hydrogen-bond donors (Lipinski definition) is 3. The van der Waals surface area contributed by atoms with Crippen LogP contribution in [0.2, 0.25) is 0 Å². The van der Waals surface area contributed by atoms with E-state index < -0.39 is 10.0 Å². The van der Waals surface area contributed by atoms with Gasteiger partial charge in [0.2, 0.25) is 16.0 Å². The average Bonchev–Trinajstić information content (AvgIpc) is 2.74. The van der Waals surface area contributed by atoms with Crippen molar-refractivity contribution in [2.75, 3.05) is 25.5 Å². The average molecular weight is 441 g/mol. The molecule has 4 rings (SSSR count). The molecule has 1 saturated heterocycles. The monoisotopic (exact) mass is 440 g/mol. The SMILES string of the molecule is CN1CCC(NC(=O)c2ccc3nc(Nc4ccc(S(N)(=O)=O)cc4)ncc3c2)CC1. The van der Waals surface area contributed by atoms with Crippen LogP contribution in [0.15, 0.2) is 53.6 Å². The molecule has 9 nitrogen and oxygen atoms in total. The molecule has 1 aliphatic rings. The third-order valence-corrected chi connectivity index (χ3v) is 6.26. The summed E-state index contributed by atoms with van der Waals surface area (Å²) in [5.41, 5.74) is 1.89. The Labute approximate surface area is 180 Å². The zero-order valence-corrected chi connectivity index (χ0v) is 17.9. The number of benzene rings is 2. The Morgan fingerprint density at radius 3 is 2.52 bits per heavy atom. The fourth-order valence-electron chi connectivity index (χ4n) is 3.51. The normalized spacial score (nSPS) is 15.7. The van der Waals surface area contributed by atoms with Crippen LogP contribution in [0.1, 0.15) is 23.2 Å². The number of fused-ring (bicyclic) bond motifs is 1. The van der Waals surface area contributed by atoms with Crippen LogP contribution in [0.3, 0.4) is 0 Å². The molecular formula is C21H24N6O3S. The summed E-state index contributed by atoms with van der Waals surface area (Å²) in [4.78, 5) is 23.7. The summed E-state index contributed by atoms with van der Waals surface area (Å²) in [5, 5.41) is 12.0. The number of rotatable bonds is 5. The Morgan fingerprint density at radius 1 is 1.13 bits per heavy atom. The molecule has 10 heteroatoms. The predicted octanol–water partition coefficient (Wildman–Crippen LogP) is 1.84. The number of sulfonamides is 1. The van der Waals surface area contributed by atoms with Crippen LogP contribution in [0, 0.1) is 0 Å². The van der Waals surface area contributed by atoms with Gasteiger partial charge in [-0.3, -0.25) is 4.79 Å². The molecule has 0 unspecified atom stereocenters. The van der Waals surface area contributed by atoms with E-state index in [0.29, 0.717) is 22.7 Å². The minimum Gasteiger partial charge on any atom is -0.349 e. The molecule has 0 atom stereocenters. The summed E-state index contributed by atoms with van der Waals surface area (Å²) >= 11 is 0. The smallest absolute Gasteiger partial charge is 0.251 e. The molecule has 1 fully saturated rings. The van der Waals surface area contributed by atoms with Gasteiger partial charge in [0.05, 0.1) is 10.4 Å². The van der Waals surface area contributed by atoms with Gasteiger partial charge < -0.3 is 15.5 Å². The predicted molar refractivity (Wildman–Crippen MR) is 119 cm³/mol. The minimum absolute atomic E-state index is 0.0310. The Morgan fingerprint density at radius 2 is 1.84 bits per heavy atom. The first-order valence-electron chi connectivity index (χ1n) is 9.94. The standard InChI is InChI=1S/C21H24N6O3S/c1-27-10-8-17(9-11-27)24-20(28)14-2-7-19-15(12-14)13-23-21(26-19)25-16-3-5-18(6-4-16)31(22,29)30/h2-7,12-13,17H,8-11H2,1H3,(H,24,28)(H2,22,29,30)(H,23,25,26). The van der Waals surface area contributed by atoms with Crippen LogP contribution in [0.4, 0.5) is 11.6 Å². The first-order chi connectivity index (χ1) is 14.8. The number of hydrogen-bond acceptors (Lipinski definition) is 7. The highest BCUT2D eigenvalue weighted by Crippen LogP contribution is 2.19. The van der Waals surface area contributed by atoms with Gasteiger partial charge in [-0.2, -0.15) is 0 Å². The van der Waals surface area contributed by atoms with Gasteiger partial charge in [-0.05, 0) is 75.4 Å². The highest BCUT2D eigenvalue weighted by atomic mass is 32.2. The zero-order valence-electron chi connectivity index (χ0n) is 17.1. The molecule has 0 bridgehead atoms. The molecule has 3 aromatic rings. The number of carbonyl (C=O) groups excluding carboxylic acids is 1. The van der Waals surface area contributed by atoms with E-state index in [2.05, 4.69) is 32.5 Å². The van der Waals surface area contributed by atoms with Crippen LogP contribution in [0.5, 0.6) is 0 Å². The summed E-state index contributed by atoms with van der Waals surface area (Å²) in [7, 11) is -1.65. The molecule has 0 radical (unpaired) electrons. The van der Waals surface area contributed by atoms with Crippen molar-refractivity contribution < 1.29 is 13.2 Å². The van der Waals surface area contributed by atoms with Crippen molar-refractivity contribution in [1.29, 1.82) is 0 Å². The van der Waals surface area contributed by atoms with Crippen molar-refractivity contribution in [2.24, 2.45) is 5.14 Å². The van der Waals surface area contributed by atoms with Crippen LogP contribution in [-0.4, -0.2) is 55.4 Å². The number of anilines is 2. The van der Waals surface area contributed by atoms with E-state index >= 15 is 0 Å². The van der Waals surface area contributed by atoms with Crippen LogP contribution in [-0.2, 0) is 10.0 Å². The number of aromatic nitrogens is 2. The Hall–Kier alpha value is -3.08. The van der Waals surface area contributed by atoms with Crippen molar-refractivity contribution in [3.8, 4) is 0 Å². The lowest BCUT2D eigenvalue weighted by molar-refractivity contribution is 0.0917. The third-order valence-electron chi connectivity index (χ3n) is 5.33. The molecule has 1 amide bonds.